The molecule has 114 valence electrons. The van der Waals surface area contributed by atoms with Crippen molar-refractivity contribution in [3.63, 3.8) is 0 Å². The van der Waals surface area contributed by atoms with Crippen molar-refractivity contribution in [3.05, 3.63) is 29.8 Å². The Bertz CT molecular complexity index is 531. The van der Waals surface area contributed by atoms with E-state index in [0.717, 1.165) is 31.6 Å². The van der Waals surface area contributed by atoms with Crippen LogP contribution in [0.15, 0.2) is 24.3 Å². The van der Waals surface area contributed by atoms with Crippen molar-refractivity contribution in [3.8, 4) is 0 Å². The van der Waals surface area contributed by atoms with Crippen LogP contribution in [-0.4, -0.2) is 47.7 Å². The number of β-amino-alcohol motifs (C(OH)–C–C–N with tert-alkyl or cyclic N) is 1. The molecule has 1 aromatic rings. The topological polar surface area (TPSA) is 43.8 Å². The number of aliphatic hydroxyl groups excluding tert-OH is 1. The van der Waals surface area contributed by atoms with Gasteiger partial charge >= 0.3 is 0 Å². The number of benzene rings is 1. The van der Waals surface area contributed by atoms with E-state index in [-0.39, 0.29) is 18.1 Å². The summed E-state index contributed by atoms with van der Waals surface area (Å²) in [6.45, 7) is 6.30. The van der Waals surface area contributed by atoms with E-state index >= 15 is 0 Å². The number of aliphatic hydroxyl groups is 1. The number of carbonyl (C=O) groups excluding carboxylic acids is 1. The highest BCUT2D eigenvalue weighted by molar-refractivity contribution is 5.98. The van der Waals surface area contributed by atoms with Crippen LogP contribution in [0.2, 0.25) is 0 Å². The Morgan fingerprint density at radius 1 is 1.33 bits per heavy atom. The van der Waals surface area contributed by atoms with E-state index in [9.17, 15) is 9.90 Å². The minimum atomic E-state index is -0.320. The van der Waals surface area contributed by atoms with E-state index in [1.165, 1.54) is 5.56 Å². The second-order valence-corrected chi connectivity index (χ2v) is 6.37. The quantitative estimate of drug-likeness (QED) is 0.900. The third-order valence-corrected chi connectivity index (χ3v) is 5.01. The van der Waals surface area contributed by atoms with Gasteiger partial charge in [-0.2, -0.15) is 0 Å². The van der Waals surface area contributed by atoms with Crippen molar-refractivity contribution in [2.24, 2.45) is 5.92 Å². The molecule has 3 unspecified atom stereocenters. The van der Waals surface area contributed by atoms with Gasteiger partial charge in [0.2, 0.25) is 5.91 Å². The molecule has 2 aliphatic rings. The number of amides is 1. The highest BCUT2D eigenvalue weighted by Gasteiger charge is 2.34. The summed E-state index contributed by atoms with van der Waals surface area (Å²) in [6.07, 6.45) is 1.57. The zero-order valence-corrected chi connectivity index (χ0v) is 12.8. The first kappa shape index (κ1) is 14.5. The molecule has 0 bridgehead atoms. The molecule has 0 aromatic heterocycles. The Morgan fingerprint density at radius 3 is 2.86 bits per heavy atom. The number of fused-ring (bicyclic) bond motifs is 1. The van der Waals surface area contributed by atoms with Gasteiger partial charge in [0.15, 0.2) is 0 Å². The summed E-state index contributed by atoms with van der Waals surface area (Å²) in [5.74, 6) is 0.484. The zero-order valence-electron chi connectivity index (χ0n) is 12.8. The van der Waals surface area contributed by atoms with Crippen LogP contribution >= 0.6 is 0 Å². The van der Waals surface area contributed by atoms with Crippen molar-refractivity contribution in [1.82, 2.24) is 4.90 Å². The summed E-state index contributed by atoms with van der Waals surface area (Å²) in [4.78, 5) is 16.8. The summed E-state index contributed by atoms with van der Waals surface area (Å²) in [6, 6.07) is 7.97. The lowest BCUT2D eigenvalue weighted by molar-refractivity contribution is -0.124. The van der Waals surface area contributed by atoms with Crippen molar-refractivity contribution < 1.29 is 9.90 Å². The lowest BCUT2D eigenvalue weighted by Crippen LogP contribution is -2.53. The minimum Gasteiger partial charge on any atom is -0.392 e. The molecule has 0 spiro atoms. The predicted octanol–water partition coefficient (Wildman–Crippen LogP) is 1.67. The smallest absolute Gasteiger partial charge is 0.244 e. The summed E-state index contributed by atoms with van der Waals surface area (Å²) in [5, 5.41) is 10.0. The van der Waals surface area contributed by atoms with Crippen molar-refractivity contribution in [2.75, 3.05) is 24.5 Å². The van der Waals surface area contributed by atoms with Gasteiger partial charge in [-0.05, 0) is 43.9 Å². The standard InChI is InChI=1S/C17H24N2O2/c1-12-7-9-18(11-16(12)20)13(2)17(21)19-10-8-14-5-3-4-6-15(14)19/h3-6,12-13,16,20H,7-11H2,1-2H3. The van der Waals surface area contributed by atoms with Gasteiger partial charge in [0.25, 0.3) is 0 Å². The fourth-order valence-corrected chi connectivity index (χ4v) is 3.37. The molecule has 1 fully saturated rings. The Kier molecular flexibility index (Phi) is 4.00. The summed E-state index contributed by atoms with van der Waals surface area (Å²) >= 11 is 0. The summed E-state index contributed by atoms with van der Waals surface area (Å²) < 4.78 is 0. The molecular weight excluding hydrogens is 264 g/mol. The van der Waals surface area contributed by atoms with Gasteiger partial charge in [-0.25, -0.2) is 0 Å². The SMILES string of the molecule is CC1CCN(C(C)C(=O)N2CCc3ccccc32)CC1O. The predicted molar refractivity (Wildman–Crippen MR) is 83.3 cm³/mol. The van der Waals surface area contributed by atoms with Gasteiger partial charge in [0.05, 0.1) is 12.1 Å². The highest BCUT2D eigenvalue weighted by Crippen LogP contribution is 2.29. The van der Waals surface area contributed by atoms with E-state index in [1.54, 1.807) is 0 Å². The monoisotopic (exact) mass is 288 g/mol. The molecule has 2 aliphatic heterocycles. The van der Waals surface area contributed by atoms with Gasteiger partial charge in [-0.15, -0.1) is 0 Å². The van der Waals surface area contributed by atoms with E-state index < -0.39 is 0 Å². The van der Waals surface area contributed by atoms with Crippen LogP contribution < -0.4 is 4.90 Å². The maximum Gasteiger partial charge on any atom is 0.244 e. The molecule has 0 aliphatic carbocycles. The molecule has 1 aromatic carbocycles. The Labute approximate surface area is 126 Å². The number of para-hydroxylation sites is 1. The minimum absolute atomic E-state index is 0.154. The number of rotatable bonds is 2. The molecule has 0 saturated carbocycles. The van der Waals surface area contributed by atoms with Gasteiger partial charge in [-0.3, -0.25) is 9.69 Å². The van der Waals surface area contributed by atoms with Gasteiger partial charge < -0.3 is 10.0 Å². The Hall–Kier alpha value is -1.39. The molecule has 1 N–H and O–H groups in total. The number of nitrogens with zero attached hydrogens (tertiary/aromatic N) is 2. The van der Waals surface area contributed by atoms with E-state index in [4.69, 9.17) is 0 Å². The lowest BCUT2D eigenvalue weighted by atomic mass is 9.95. The number of carbonyl (C=O) groups is 1. The zero-order chi connectivity index (χ0) is 15.0. The van der Waals surface area contributed by atoms with Crippen molar-refractivity contribution in [2.45, 2.75) is 38.8 Å². The highest BCUT2D eigenvalue weighted by atomic mass is 16.3. The van der Waals surface area contributed by atoms with Crippen LogP contribution in [0.1, 0.15) is 25.8 Å². The largest absolute Gasteiger partial charge is 0.392 e. The molecule has 2 heterocycles. The first-order valence-corrected chi connectivity index (χ1v) is 7.89. The molecule has 0 radical (unpaired) electrons. The molecule has 21 heavy (non-hydrogen) atoms. The van der Waals surface area contributed by atoms with E-state index in [1.807, 2.05) is 30.0 Å². The van der Waals surface area contributed by atoms with Crippen molar-refractivity contribution in [1.29, 1.82) is 0 Å². The average molecular weight is 288 g/mol. The first-order chi connectivity index (χ1) is 10.1. The first-order valence-electron chi connectivity index (χ1n) is 7.89. The summed E-state index contributed by atoms with van der Waals surface area (Å²) in [7, 11) is 0. The average Bonchev–Trinajstić information content (AvgIpc) is 2.92. The van der Waals surface area contributed by atoms with Gasteiger partial charge in [0.1, 0.15) is 0 Å². The number of anilines is 1. The second-order valence-electron chi connectivity index (χ2n) is 6.37. The molecular formula is C17H24N2O2. The van der Waals surface area contributed by atoms with Crippen LogP contribution in [0.5, 0.6) is 0 Å². The van der Waals surface area contributed by atoms with Crippen LogP contribution in [0.25, 0.3) is 0 Å². The Morgan fingerprint density at radius 2 is 2.10 bits per heavy atom. The molecule has 4 heteroatoms. The summed E-state index contributed by atoms with van der Waals surface area (Å²) in [5.41, 5.74) is 2.31. The van der Waals surface area contributed by atoms with Gasteiger partial charge in [-0.1, -0.05) is 25.1 Å². The van der Waals surface area contributed by atoms with Crippen LogP contribution in [0.4, 0.5) is 5.69 Å². The number of likely N-dealkylation sites (tertiary alicyclic amines) is 1. The number of hydrogen-bond donors (Lipinski definition) is 1. The Balaban J connectivity index is 1.71. The van der Waals surface area contributed by atoms with Crippen molar-refractivity contribution >= 4 is 11.6 Å². The van der Waals surface area contributed by atoms with Crippen LogP contribution in [-0.2, 0) is 11.2 Å². The molecule has 1 amide bonds. The fraction of sp³-hybridized carbons (Fsp3) is 0.588. The maximum absolute atomic E-state index is 12.8. The molecule has 3 atom stereocenters. The molecule has 3 rings (SSSR count). The molecule has 1 saturated heterocycles. The normalized spacial score (nSPS) is 27.5. The van der Waals surface area contributed by atoms with Crippen LogP contribution in [0, 0.1) is 5.92 Å². The number of hydrogen-bond acceptors (Lipinski definition) is 3. The second kappa shape index (κ2) is 5.78. The lowest BCUT2D eigenvalue weighted by Gasteiger charge is -2.38. The third kappa shape index (κ3) is 2.70. The van der Waals surface area contributed by atoms with E-state index in [0.29, 0.717) is 12.5 Å². The fourth-order valence-electron chi connectivity index (χ4n) is 3.37. The molecule has 4 nitrogen and oxygen atoms in total. The third-order valence-electron chi connectivity index (χ3n) is 5.01. The van der Waals surface area contributed by atoms with E-state index in [2.05, 4.69) is 17.9 Å². The maximum atomic E-state index is 12.8. The van der Waals surface area contributed by atoms with Crippen LogP contribution in [0.3, 0.4) is 0 Å². The van der Waals surface area contributed by atoms with Gasteiger partial charge in [0, 0.05) is 18.8 Å². The number of piperidine rings is 1.